The average Bonchev–Trinajstić information content (AvgIpc) is 3.44. The Labute approximate surface area is 189 Å². The number of allylic oxidation sites excluding steroid dienone is 2. The van der Waals surface area contributed by atoms with Gasteiger partial charge in [0.25, 0.3) is 5.91 Å². The number of nitrogens with zero attached hydrogens (tertiary/aromatic N) is 4. The van der Waals surface area contributed by atoms with Crippen LogP contribution in [0.1, 0.15) is 30.6 Å². The monoisotopic (exact) mass is 429 g/mol. The van der Waals surface area contributed by atoms with Crippen molar-refractivity contribution in [3.8, 4) is 0 Å². The minimum absolute atomic E-state index is 0.100. The lowest BCUT2D eigenvalue weighted by atomic mass is 10.1. The van der Waals surface area contributed by atoms with E-state index >= 15 is 0 Å². The largest absolute Gasteiger partial charge is 0.338 e. The summed E-state index contributed by atoms with van der Waals surface area (Å²) in [6.07, 6.45) is 3.47. The fourth-order valence-electron chi connectivity index (χ4n) is 5.07. The van der Waals surface area contributed by atoms with E-state index in [-0.39, 0.29) is 5.91 Å². The zero-order valence-electron chi connectivity index (χ0n) is 19.1. The van der Waals surface area contributed by atoms with Gasteiger partial charge < -0.3 is 19.7 Å². The van der Waals surface area contributed by atoms with Crippen LogP contribution in [-0.4, -0.2) is 53.1 Å². The van der Waals surface area contributed by atoms with Crippen molar-refractivity contribution in [1.82, 2.24) is 14.5 Å². The minimum atomic E-state index is -0.100. The number of anilines is 2. The Morgan fingerprint density at radius 3 is 2.75 bits per heavy atom. The zero-order valence-corrected chi connectivity index (χ0v) is 19.1. The van der Waals surface area contributed by atoms with Gasteiger partial charge in [-0.2, -0.15) is 0 Å². The van der Waals surface area contributed by atoms with Gasteiger partial charge in [-0.15, -0.1) is 0 Å². The summed E-state index contributed by atoms with van der Waals surface area (Å²) < 4.78 is 2.31. The smallest absolute Gasteiger partial charge is 0.255 e. The number of fused-ring (bicyclic) bond motifs is 2. The highest BCUT2D eigenvalue weighted by Crippen LogP contribution is 2.36. The number of likely N-dealkylation sites (N-methyl/N-ethyl adjacent to an activating group) is 1. The highest BCUT2D eigenvalue weighted by atomic mass is 16.1. The Morgan fingerprint density at radius 2 is 1.97 bits per heavy atom. The van der Waals surface area contributed by atoms with Gasteiger partial charge in [-0.3, -0.25) is 4.79 Å². The molecule has 3 heterocycles. The topological polar surface area (TPSA) is 53.4 Å². The van der Waals surface area contributed by atoms with Crippen LogP contribution in [0.25, 0.3) is 11.0 Å². The first kappa shape index (κ1) is 20.8. The van der Waals surface area contributed by atoms with E-state index in [9.17, 15) is 4.79 Å². The first-order chi connectivity index (χ1) is 15.5. The van der Waals surface area contributed by atoms with Crippen LogP contribution < -0.4 is 10.2 Å². The molecular weight excluding hydrogens is 398 g/mol. The number of hydrogen-bond acceptors (Lipinski definition) is 4. The number of aromatic nitrogens is 2. The first-order valence-corrected chi connectivity index (χ1v) is 11.4. The van der Waals surface area contributed by atoms with Crippen molar-refractivity contribution in [2.24, 2.45) is 5.92 Å². The molecular formula is C26H31N5O. The molecule has 2 atom stereocenters. The normalized spacial score (nSPS) is 20.5. The molecule has 2 aromatic carbocycles. The van der Waals surface area contributed by atoms with Crippen LogP contribution in [0.4, 0.5) is 11.6 Å². The summed E-state index contributed by atoms with van der Waals surface area (Å²) in [6, 6.07) is 15.9. The first-order valence-electron chi connectivity index (χ1n) is 11.4. The van der Waals surface area contributed by atoms with Gasteiger partial charge in [0.2, 0.25) is 5.95 Å². The number of likely N-dealkylation sites (tertiary alicyclic amines) is 1. The molecule has 32 heavy (non-hydrogen) atoms. The van der Waals surface area contributed by atoms with Gasteiger partial charge in [-0.1, -0.05) is 29.8 Å². The van der Waals surface area contributed by atoms with E-state index in [0.29, 0.717) is 11.6 Å². The van der Waals surface area contributed by atoms with Crippen molar-refractivity contribution in [1.29, 1.82) is 0 Å². The number of amides is 1. The molecule has 2 fully saturated rings. The van der Waals surface area contributed by atoms with Gasteiger partial charge >= 0.3 is 0 Å². The van der Waals surface area contributed by atoms with Crippen LogP contribution in [0.15, 0.2) is 60.2 Å². The summed E-state index contributed by atoms with van der Waals surface area (Å²) >= 11 is 0. The van der Waals surface area contributed by atoms with Gasteiger partial charge in [0.1, 0.15) is 0 Å². The fraction of sp³-hybridized carbons (Fsp3) is 0.385. The quantitative estimate of drug-likeness (QED) is 0.611. The van der Waals surface area contributed by atoms with E-state index in [4.69, 9.17) is 4.98 Å². The predicted octanol–water partition coefficient (Wildman–Crippen LogP) is 4.40. The van der Waals surface area contributed by atoms with Crippen LogP contribution in [0.5, 0.6) is 0 Å². The lowest BCUT2D eigenvalue weighted by molar-refractivity contribution is 0.102. The lowest BCUT2D eigenvalue weighted by Gasteiger charge is -2.26. The number of rotatable bonds is 5. The van der Waals surface area contributed by atoms with Gasteiger partial charge in [-0.05, 0) is 63.6 Å². The highest BCUT2D eigenvalue weighted by Gasteiger charge is 2.41. The molecule has 1 aromatic heterocycles. The van der Waals surface area contributed by atoms with E-state index in [1.54, 1.807) is 0 Å². The molecule has 166 valence electrons. The Hall–Kier alpha value is -3.12. The van der Waals surface area contributed by atoms with Crippen LogP contribution >= 0.6 is 0 Å². The van der Waals surface area contributed by atoms with E-state index in [2.05, 4.69) is 52.7 Å². The molecule has 6 heteroatoms. The second-order valence-electron chi connectivity index (χ2n) is 9.36. The molecule has 0 spiro atoms. The van der Waals surface area contributed by atoms with Crippen molar-refractivity contribution < 1.29 is 4.79 Å². The third kappa shape index (κ3) is 3.91. The zero-order chi connectivity index (χ0) is 22.2. The Balaban J connectivity index is 1.51. The molecule has 2 unspecified atom stereocenters. The summed E-state index contributed by atoms with van der Waals surface area (Å²) in [5.74, 6) is 1.67. The molecule has 1 amide bonds. The van der Waals surface area contributed by atoms with Crippen molar-refractivity contribution in [2.45, 2.75) is 32.9 Å². The van der Waals surface area contributed by atoms with E-state index in [1.807, 2.05) is 42.5 Å². The molecule has 0 saturated carbocycles. The van der Waals surface area contributed by atoms with Crippen molar-refractivity contribution in [3.05, 3.63) is 65.7 Å². The molecule has 0 aliphatic carbocycles. The maximum atomic E-state index is 12.7. The Kier molecular flexibility index (Phi) is 5.47. The molecule has 5 rings (SSSR count). The van der Waals surface area contributed by atoms with Crippen molar-refractivity contribution >= 4 is 28.6 Å². The minimum Gasteiger partial charge on any atom is -0.338 e. The molecule has 0 radical (unpaired) electrons. The molecule has 2 aliphatic heterocycles. The fourth-order valence-corrected chi connectivity index (χ4v) is 5.07. The highest BCUT2D eigenvalue weighted by molar-refractivity contribution is 6.05. The molecule has 1 N–H and O–H groups in total. The summed E-state index contributed by atoms with van der Waals surface area (Å²) in [6.45, 7) is 8.34. The SMILES string of the molecule is CC(C)=CCn1c(N2CCC3CN(C)CC32)nc2ccc(NC(=O)c3ccccc3)cc21. The van der Waals surface area contributed by atoms with Crippen LogP contribution in [0.2, 0.25) is 0 Å². The summed E-state index contributed by atoms with van der Waals surface area (Å²) in [5, 5.41) is 3.05. The van der Waals surface area contributed by atoms with E-state index in [0.717, 1.165) is 48.2 Å². The third-order valence-corrected chi connectivity index (χ3v) is 6.69. The number of carbonyl (C=O) groups is 1. The number of nitrogens with one attached hydrogen (secondary N) is 1. The second-order valence-corrected chi connectivity index (χ2v) is 9.36. The van der Waals surface area contributed by atoms with Crippen LogP contribution in [0, 0.1) is 5.92 Å². The molecule has 3 aromatic rings. The van der Waals surface area contributed by atoms with Crippen LogP contribution in [0.3, 0.4) is 0 Å². The predicted molar refractivity (Wildman–Crippen MR) is 130 cm³/mol. The third-order valence-electron chi connectivity index (χ3n) is 6.69. The lowest BCUT2D eigenvalue weighted by Crippen LogP contribution is -2.36. The molecule has 6 nitrogen and oxygen atoms in total. The van der Waals surface area contributed by atoms with E-state index in [1.165, 1.54) is 18.5 Å². The Morgan fingerprint density at radius 1 is 1.16 bits per heavy atom. The van der Waals surface area contributed by atoms with Crippen molar-refractivity contribution in [3.63, 3.8) is 0 Å². The van der Waals surface area contributed by atoms with Crippen LogP contribution in [-0.2, 0) is 6.54 Å². The number of imidazole rings is 1. The molecule has 2 saturated heterocycles. The number of carbonyl (C=O) groups excluding carboxylic acids is 1. The second kappa shape index (κ2) is 8.43. The molecule has 2 aliphatic rings. The van der Waals surface area contributed by atoms with Gasteiger partial charge in [-0.25, -0.2) is 4.98 Å². The number of benzene rings is 2. The average molecular weight is 430 g/mol. The Bertz CT molecular complexity index is 1160. The summed E-state index contributed by atoms with van der Waals surface area (Å²) in [7, 11) is 2.21. The summed E-state index contributed by atoms with van der Waals surface area (Å²) in [4.78, 5) is 22.7. The maximum absolute atomic E-state index is 12.7. The van der Waals surface area contributed by atoms with Gasteiger partial charge in [0.15, 0.2) is 0 Å². The summed E-state index contributed by atoms with van der Waals surface area (Å²) in [5.41, 5.74) is 4.75. The maximum Gasteiger partial charge on any atom is 0.255 e. The van der Waals surface area contributed by atoms with Gasteiger partial charge in [0.05, 0.1) is 11.0 Å². The van der Waals surface area contributed by atoms with E-state index < -0.39 is 0 Å². The van der Waals surface area contributed by atoms with Gasteiger partial charge in [0, 0.05) is 43.5 Å². The molecule has 0 bridgehead atoms. The standard InChI is InChI=1S/C26H31N5O/c1-18(2)11-13-30-23-15-21(27-25(32)19-7-5-4-6-8-19)9-10-22(23)28-26(30)31-14-12-20-16-29(3)17-24(20)31/h4-11,15,20,24H,12-14,16-17H2,1-3H3,(H,27,32). The van der Waals surface area contributed by atoms with Crippen molar-refractivity contribution in [2.75, 3.05) is 36.9 Å². The number of hydrogen-bond donors (Lipinski definition) is 1.